The van der Waals surface area contributed by atoms with Crippen molar-refractivity contribution in [2.45, 2.75) is 20.8 Å². The second-order valence-corrected chi connectivity index (χ2v) is 5.84. The molecule has 0 aliphatic carbocycles. The van der Waals surface area contributed by atoms with Gasteiger partial charge in [0.05, 0.1) is 0 Å². The van der Waals surface area contributed by atoms with Crippen LogP contribution >= 0.6 is 22.9 Å². The number of nitriles is 1. The molecule has 0 saturated carbocycles. The molecule has 0 aliphatic rings. The van der Waals surface area contributed by atoms with Crippen LogP contribution in [0.2, 0.25) is 5.02 Å². The van der Waals surface area contributed by atoms with Gasteiger partial charge in [-0.1, -0.05) is 17.7 Å². The third kappa shape index (κ3) is 4.85. The summed E-state index contributed by atoms with van der Waals surface area (Å²) in [5, 5.41) is 18.8. The molecule has 0 amide bonds. The Morgan fingerprint density at radius 3 is 2.48 bits per heavy atom. The molecule has 0 fully saturated rings. The van der Waals surface area contributed by atoms with Crippen molar-refractivity contribution in [2.75, 3.05) is 0 Å². The Morgan fingerprint density at radius 1 is 1.43 bits per heavy atom. The van der Waals surface area contributed by atoms with Gasteiger partial charge in [-0.05, 0) is 32.9 Å². The summed E-state index contributed by atoms with van der Waals surface area (Å²) in [7, 11) is 0. The Labute approximate surface area is 132 Å². The quantitative estimate of drug-likeness (QED) is 0.589. The lowest BCUT2D eigenvalue weighted by molar-refractivity contribution is 0.418. The van der Waals surface area contributed by atoms with Crippen LogP contribution in [0.3, 0.4) is 0 Å². The van der Waals surface area contributed by atoms with Crippen LogP contribution in [-0.2, 0) is 0 Å². The number of aryl methyl sites for hydroxylation is 1. The first-order chi connectivity index (χ1) is 9.86. The van der Waals surface area contributed by atoms with Crippen LogP contribution in [0.4, 0.5) is 4.39 Å². The highest BCUT2D eigenvalue weighted by Crippen LogP contribution is 2.21. The average Bonchev–Trinajstić information content (AvgIpc) is 2.83. The molecule has 6 heteroatoms. The molecule has 0 bridgehead atoms. The van der Waals surface area contributed by atoms with Gasteiger partial charge in [0.1, 0.15) is 28.2 Å². The first-order valence-electron chi connectivity index (χ1n) is 6.00. The highest BCUT2D eigenvalue weighted by molar-refractivity contribution is 7.12. The van der Waals surface area contributed by atoms with Gasteiger partial charge in [0.2, 0.25) is 0 Å². The van der Waals surface area contributed by atoms with E-state index in [-0.39, 0.29) is 17.1 Å². The molecule has 3 nitrogen and oxygen atoms in total. The van der Waals surface area contributed by atoms with Crippen LogP contribution in [0, 0.1) is 31.0 Å². The number of aromatic nitrogens is 1. The van der Waals surface area contributed by atoms with E-state index in [4.69, 9.17) is 22.0 Å². The summed E-state index contributed by atoms with van der Waals surface area (Å²) in [5.74, 6) is -0.227. The zero-order valence-corrected chi connectivity index (χ0v) is 13.4. The standard InChI is InChI=1S/C8H8N2OS.C7H6ClF/c1-5-4-10-8(12-5)7(3-9)6(2)11;1-5-6(8)3-2-4-7(5)9/h4,11H,1-2H3;2-4H,1H3/b7-6-;. The van der Waals surface area contributed by atoms with E-state index in [0.717, 1.165) is 4.88 Å². The van der Waals surface area contributed by atoms with Gasteiger partial charge >= 0.3 is 0 Å². The molecule has 1 heterocycles. The summed E-state index contributed by atoms with van der Waals surface area (Å²) in [6, 6.07) is 6.55. The fraction of sp³-hybridized carbons (Fsp3) is 0.200. The summed E-state index contributed by atoms with van der Waals surface area (Å²) in [4.78, 5) is 5.01. The fourth-order valence-corrected chi connectivity index (χ4v) is 2.31. The highest BCUT2D eigenvalue weighted by Gasteiger charge is 2.08. The van der Waals surface area contributed by atoms with Crippen molar-refractivity contribution in [3.63, 3.8) is 0 Å². The lowest BCUT2D eigenvalue weighted by Crippen LogP contribution is -1.83. The maximum atomic E-state index is 12.5. The minimum absolute atomic E-state index is 0.0202. The number of hydrogen-bond donors (Lipinski definition) is 1. The summed E-state index contributed by atoms with van der Waals surface area (Å²) in [5.41, 5.74) is 0.771. The van der Waals surface area contributed by atoms with E-state index in [2.05, 4.69) is 4.98 Å². The normalized spacial score (nSPS) is 11.0. The first-order valence-corrected chi connectivity index (χ1v) is 7.19. The molecule has 0 unspecified atom stereocenters. The van der Waals surface area contributed by atoms with Gasteiger partial charge in [-0.15, -0.1) is 11.3 Å². The van der Waals surface area contributed by atoms with Crippen LogP contribution in [0.1, 0.15) is 22.4 Å². The molecular formula is C15H14ClFN2OS. The topological polar surface area (TPSA) is 56.9 Å². The fourth-order valence-electron chi connectivity index (χ4n) is 1.33. The third-order valence-corrected chi connectivity index (χ3v) is 3.85. The number of halogens is 2. The molecular weight excluding hydrogens is 311 g/mol. The maximum Gasteiger partial charge on any atom is 0.137 e. The van der Waals surface area contributed by atoms with Gasteiger partial charge in [0.15, 0.2) is 0 Å². The molecule has 0 spiro atoms. The number of hydrogen-bond acceptors (Lipinski definition) is 4. The van der Waals surface area contributed by atoms with Gasteiger partial charge in [-0.3, -0.25) is 0 Å². The van der Waals surface area contributed by atoms with Crippen LogP contribution in [0.15, 0.2) is 30.2 Å². The molecule has 2 aromatic rings. The van der Waals surface area contributed by atoms with E-state index < -0.39 is 0 Å². The Morgan fingerprint density at radius 2 is 2.10 bits per heavy atom. The number of thiazole rings is 1. The molecule has 0 atom stereocenters. The summed E-state index contributed by atoms with van der Waals surface area (Å²) in [6.45, 7) is 5.04. The second kappa shape index (κ2) is 7.77. The van der Waals surface area contributed by atoms with Crippen molar-refractivity contribution in [3.05, 3.63) is 56.4 Å². The Kier molecular flexibility index (Phi) is 6.35. The number of aliphatic hydroxyl groups is 1. The van der Waals surface area contributed by atoms with Crippen LogP contribution in [0.25, 0.3) is 5.57 Å². The molecule has 0 saturated heterocycles. The van der Waals surface area contributed by atoms with E-state index in [1.54, 1.807) is 25.3 Å². The van der Waals surface area contributed by atoms with Gasteiger partial charge in [-0.25, -0.2) is 9.37 Å². The number of rotatable bonds is 1. The lowest BCUT2D eigenvalue weighted by Gasteiger charge is -1.95. The van der Waals surface area contributed by atoms with E-state index in [1.165, 1.54) is 24.3 Å². The van der Waals surface area contributed by atoms with Crippen molar-refractivity contribution in [1.82, 2.24) is 4.98 Å². The number of allylic oxidation sites excluding steroid dienone is 2. The largest absolute Gasteiger partial charge is 0.511 e. The van der Waals surface area contributed by atoms with Crippen molar-refractivity contribution < 1.29 is 9.50 Å². The second-order valence-electron chi connectivity index (χ2n) is 4.19. The summed E-state index contributed by atoms with van der Waals surface area (Å²) >= 11 is 6.97. The minimum Gasteiger partial charge on any atom is -0.511 e. The van der Waals surface area contributed by atoms with Gasteiger partial charge < -0.3 is 5.11 Å². The Balaban J connectivity index is 0.000000219. The SMILES string of the molecule is C/C(O)=C(\C#N)c1ncc(C)s1.Cc1c(F)cccc1Cl. The van der Waals surface area contributed by atoms with E-state index in [9.17, 15) is 4.39 Å². The van der Waals surface area contributed by atoms with E-state index >= 15 is 0 Å². The first kappa shape index (κ1) is 17.2. The van der Waals surface area contributed by atoms with E-state index in [0.29, 0.717) is 15.6 Å². The number of benzene rings is 1. The monoisotopic (exact) mass is 324 g/mol. The zero-order valence-electron chi connectivity index (χ0n) is 11.8. The molecule has 1 aromatic heterocycles. The van der Waals surface area contributed by atoms with Crippen molar-refractivity contribution in [2.24, 2.45) is 0 Å². The summed E-state index contributed by atoms with van der Waals surface area (Å²) < 4.78 is 12.5. The van der Waals surface area contributed by atoms with E-state index in [1.807, 2.05) is 13.0 Å². The lowest BCUT2D eigenvalue weighted by atomic mass is 10.2. The highest BCUT2D eigenvalue weighted by atomic mass is 35.5. The minimum atomic E-state index is -0.248. The van der Waals surface area contributed by atoms with Gasteiger partial charge in [0.25, 0.3) is 0 Å². The molecule has 0 radical (unpaired) electrons. The Hall–Kier alpha value is -1.90. The molecule has 2 rings (SSSR count). The molecule has 1 aromatic carbocycles. The zero-order chi connectivity index (χ0) is 16.0. The number of aliphatic hydroxyl groups excluding tert-OH is 1. The number of nitrogens with zero attached hydrogens (tertiary/aromatic N) is 2. The Bertz CT molecular complexity index is 680. The van der Waals surface area contributed by atoms with Crippen LogP contribution in [0.5, 0.6) is 0 Å². The van der Waals surface area contributed by atoms with Crippen molar-refractivity contribution in [1.29, 1.82) is 5.26 Å². The maximum absolute atomic E-state index is 12.5. The van der Waals surface area contributed by atoms with Crippen molar-refractivity contribution >= 4 is 28.5 Å². The molecule has 21 heavy (non-hydrogen) atoms. The average molecular weight is 325 g/mol. The van der Waals surface area contributed by atoms with Crippen LogP contribution in [-0.4, -0.2) is 10.1 Å². The molecule has 1 N–H and O–H groups in total. The van der Waals surface area contributed by atoms with Gasteiger partial charge in [0, 0.05) is 21.7 Å². The van der Waals surface area contributed by atoms with Crippen LogP contribution < -0.4 is 0 Å². The predicted molar refractivity (Wildman–Crippen MR) is 83.8 cm³/mol. The van der Waals surface area contributed by atoms with Crippen molar-refractivity contribution in [3.8, 4) is 6.07 Å². The summed E-state index contributed by atoms with van der Waals surface area (Å²) in [6.07, 6.45) is 1.68. The van der Waals surface area contributed by atoms with Gasteiger partial charge in [-0.2, -0.15) is 5.26 Å². The molecule has 0 aliphatic heterocycles. The smallest absolute Gasteiger partial charge is 0.137 e. The predicted octanol–water partition coefficient (Wildman–Crippen LogP) is 5.05. The third-order valence-electron chi connectivity index (χ3n) is 2.51. The molecule has 110 valence electrons.